The standard InChI is InChI=1S/C25H22FN5O6.C2H6/c1-15(2)29(19-14-16(23(32)33)12-13-20(19)37-17-8-5-4-6-9-17)24(34)31-25(35)30(27-28-31)22-18(26)10-7-11-21(22)36-3;1-2/h4-15H,1-3H3,(H,32,33);1-2H3. The predicted molar refractivity (Wildman–Crippen MR) is 142 cm³/mol. The molecule has 0 spiro atoms. The minimum atomic E-state index is -1.22. The maximum Gasteiger partial charge on any atom is 0.377 e. The minimum Gasteiger partial charge on any atom is -0.494 e. The lowest BCUT2D eigenvalue weighted by Crippen LogP contribution is -2.45. The van der Waals surface area contributed by atoms with E-state index in [1.54, 1.807) is 44.2 Å². The second-order valence-corrected chi connectivity index (χ2v) is 8.02. The van der Waals surface area contributed by atoms with Crippen LogP contribution in [0.3, 0.4) is 0 Å². The van der Waals surface area contributed by atoms with E-state index >= 15 is 0 Å². The van der Waals surface area contributed by atoms with Gasteiger partial charge in [0.25, 0.3) is 0 Å². The molecule has 1 heterocycles. The van der Waals surface area contributed by atoms with E-state index in [2.05, 4.69) is 10.4 Å². The third-order valence-electron chi connectivity index (χ3n) is 5.30. The first kappa shape index (κ1) is 28.6. The van der Waals surface area contributed by atoms with Gasteiger partial charge in [-0.15, -0.1) is 4.68 Å². The largest absolute Gasteiger partial charge is 0.494 e. The zero-order chi connectivity index (χ0) is 28.7. The van der Waals surface area contributed by atoms with Crippen LogP contribution in [-0.2, 0) is 0 Å². The molecule has 0 unspecified atom stereocenters. The van der Waals surface area contributed by atoms with Gasteiger partial charge in [-0.3, -0.25) is 4.90 Å². The van der Waals surface area contributed by atoms with E-state index in [1.165, 1.54) is 37.4 Å². The summed E-state index contributed by atoms with van der Waals surface area (Å²) >= 11 is 0. The number of carbonyl (C=O) groups excluding carboxylic acids is 1. The monoisotopic (exact) mass is 537 g/mol. The molecular formula is C27H28FN5O6. The fourth-order valence-electron chi connectivity index (χ4n) is 3.62. The molecule has 1 amide bonds. The van der Waals surface area contributed by atoms with Crippen LogP contribution in [0.4, 0.5) is 14.9 Å². The number of hydrogen-bond donors (Lipinski definition) is 1. The number of tetrazole rings is 1. The second kappa shape index (κ2) is 12.5. The van der Waals surface area contributed by atoms with Gasteiger partial charge in [0.15, 0.2) is 11.6 Å². The van der Waals surface area contributed by atoms with Crippen LogP contribution in [0.15, 0.2) is 71.5 Å². The Hall–Kier alpha value is -5.00. The van der Waals surface area contributed by atoms with Gasteiger partial charge in [0.2, 0.25) is 0 Å². The van der Waals surface area contributed by atoms with Crippen molar-refractivity contribution in [1.29, 1.82) is 0 Å². The van der Waals surface area contributed by atoms with Gasteiger partial charge in [-0.1, -0.05) is 38.1 Å². The van der Waals surface area contributed by atoms with Crippen molar-refractivity contribution < 1.29 is 28.6 Å². The van der Waals surface area contributed by atoms with E-state index < -0.39 is 29.5 Å². The summed E-state index contributed by atoms with van der Waals surface area (Å²) in [6.45, 7) is 7.32. The number of para-hydroxylation sites is 2. The first-order valence-electron chi connectivity index (χ1n) is 12.0. The van der Waals surface area contributed by atoms with Crippen molar-refractivity contribution in [3.8, 4) is 22.9 Å². The summed E-state index contributed by atoms with van der Waals surface area (Å²) < 4.78 is 26.7. The van der Waals surface area contributed by atoms with Crippen LogP contribution in [0.1, 0.15) is 38.1 Å². The maximum atomic E-state index is 14.6. The Morgan fingerprint density at radius 3 is 2.28 bits per heavy atom. The van der Waals surface area contributed by atoms with Crippen molar-refractivity contribution in [2.24, 2.45) is 0 Å². The number of carbonyl (C=O) groups is 2. The van der Waals surface area contributed by atoms with Crippen molar-refractivity contribution in [3.05, 3.63) is 88.6 Å². The highest BCUT2D eigenvalue weighted by Crippen LogP contribution is 2.35. The Morgan fingerprint density at radius 2 is 1.67 bits per heavy atom. The Labute approximate surface area is 223 Å². The molecule has 39 heavy (non-hydrogen) atoms. The quantitative estimate of drug-likeness (QED) is 0.327. The number of nitrogens with zero attached hydrogens (tertiary/aromatic N) is 5. The van der Waals surface area contributed by atoms with Crippen molar-refractivity contribution in [2.45, 2.75) is 33.7 Å². The summed E-state index contributed by atoms with van der Waals surface area (Å²) in [6, 6.07) is 15.1. The zero-order valence-corrected chi connectivity index (χ0v) is 22.0. The van der Waals surface area contributed by atoms with Crippen molar-refractivity contribution >= 4 is 17.7 Å². The fourth-order valence-corrected chi connectivity index (χ4v) is 3.62. The van der Waals surface area contributed by atoms with Crippen LogP contribution < -0.4 is 20.1 Å². The second-order valence-electron chi connectivity index (χ2n) is 8.02. The van der Waals surface area contributed by atoms with E-state index in [0.717, 1.165) is 11.0 Å². The molecule has 4 rings (SSSR count). The molecule has 0 aliphatic rings. The van der Waals surface area contributed by atoms with Gasteiger partial charge in [0.1, 0.15) is 17.2 Å². The fraction of sp³-hybridized carbons (Fsp3) is 0.222. The van der Waals surface area contributed by atoms with Crippen molar-refractivity contribution in [3.63, 3.8) is 0 Å². The van der Waals surface area contributed by atoms with E-state index in [0.29, 0.717) is 15.1 Å². The maximum absolute atomic E-state index is 14.6. The zero-order valence-electron chi connectivity index (χ0n) is 22.0. The Bertz CT molecular complexity index is 1520. The van der Waals surface area contributed by atoms with Crippen LogP contribution in [0.5, 0.6) is 17.2 Å². The summed E-state index contributed by atoms with van der Waals surface area (Å²) in [4.78, 5) is 39.6. The van der Waals surface area contributed by atoms with Gasteiger partial charge in [0.05, 0.1) is 18.4 Å². The highest BCUT2D eigenvalue weighted by molar-refractivity contribution is 5.97. The summed E-state index contributed by atoms with van der Waals surface area (Å²) in [5.41, 5.74) is -1.40. The molecule has 12 heteroatoms. The van der Waals surface area contributed by atoms with Gasteiger partial charge in [-0.05, 0) is 66.7 Å². The van der Waals surface area contributed by atoms with Gasteiger partial charge >= 0.3 is 17.7 Å². The lowest BCUT2D eigenvalue weighted by atomic mass is 10.1. The van der Waals surface area contributed by atoms with Crippen LogP contribution in [0.2, 0.25) is 0 Å². The number of hydrogen-bond acceptors (Lipinski definition) is 7. The van der Waals surface area contributed by atoms with Gasteiger partial charge in [-0.2, -0.15) is 4.68 Å². The Morgan fingerprint density at radius 1 is 0.974 bits per heavy atom. The summed E-state index contributed by atoms with van der Waals surface area (Å²) in [7, 11) is 1.29. The van der Waals surface area contributed by atoms with Gasteiger partial charge in [-0.25, -0.2) is 18.8 Å². The van der Waals surface area contributed by atoms with E-state index in [4.69, 9.17) is 9.47 Å². The van der Waals surface area contributed by atoms with Crippen LogP contribution in [0.25, 0.3) is 5.69 Å². The first-order valence-corrected chi connectivity index (χ1v) is 12.0. The number of ether oxygens (including phenoxy) is 2. The number of carboxylic acids is 1. The van der Waals surface area contributed by atoms with Gasteiger partial charge in [0, 0.05) is 6.04 Å². The normalized spacial score (nSPS) is 10.4. The van der Waals surface area contributed by atoms with Crippen LogP contribution in [-0.4, -0.2) is 50.0 Å². The van der Waals surface area contributed by atoms with Crippen LogP contribution >= 0.6 is 0 Å². The molecule has 0 saturated heterocycles. The number of aromatic nitrogens is 4. The highest BCUT2D eigenvalue weighted by Gasteiger charge is 2.29. The number of carboxylic acid groups (broad SMARTS) is 1. The van der Waals surface area contributed by atoms with Crippen LogP contribution in [0, 0.1) is 5.82 Å². The molecule has 1 N–H and O–H groups in total. The minimum absolute atomic E-state index is 0.00928. The summed E-state index contributed by atoms with van der Waals surface area (Å²) in [5.74, 6) is -1.42. The number of methoxy groups -OCH3 is 1. The molecule has 0 atom stereocenters. The van der Waals surface area contributed by atoms with E-state index in [9.17, 15) is 23.9 Å². The summed E-state index contributed by atoms with van der Waals surface area (Å²) in [6.07, 6.45) is 0. The molecule has 4 aromatic rings. The highest BCUT2D eigenvalue weighted by atomic mass is 19.1. The molecule has 0 saturated carbocycles. The third kappa shape index (κ3) is 5.95. The molecule has 0 aliphatic carbocycles. The molecule has 3 aromatic carbocycles. The molecular weight excluding hydrogens is 509 g/mol. The van der Waals surface area contributed by atoms with E-state index in [1.807, 2.05) is 13.8 Å². The number of aromatic carboxylic acids is 1. The average Bonchev–Trinajstić information content (AvgIpc) is 3.31. The van der Waals surface area contributed by atoms with Gasteiger partial charge < -0.3 is 14.6 Å². The Balaban J connectivity index is 0.00000205. The Kier molecular flexibility index (Phi) is 9.15. The lowest BCUT2D eigenvalue weighted by molar-refractivity contribution is 0.0696. The van der Waals surface area contributed by atoms with Crippen molar-refractivity contribution in [1.82, 2.24) is 19.8 Å². The molecule has 204 valence electrons. The molecule has 0 bridgehead atoms. The lowest BCUT2D eigenvalue weighted by Gasteiger charge is -2.27. The molecule has 0 radical (unpaired) electrons. The number of rotatable bonds is 7. The topological polar surface area (TPSA) is 129 Å². The number of benzene rings is 3. The van der Waals surface area contributed by atoms with E-state index in [-0.39, 0.29) is 28.4 Å². The van der Waals surface area contributed by atoms with Crippen molar-refractivity contribution in [2.75, 3.05) is 12.0 Å². The number of anilines is 1. The predicted octanol–water partition coefficient (Wildman–Crippen LogP) is 4.98. The number of amides is 1. The molecule has 0 fully saturated rings. The number of halogens is 1. The SMILES string of the molecule is CC.COc1cccc(F)c1-n1nnn(C(=O)N(c2cc(C(=O)O)ccc2Oc2ccccc2)C(C)C)c1=O. The average molecular weight is 538 g/mol. The first-order chi connectivity index (χ1) is 18.7. The molecule has 0 aliphatic heterocycles. The molecule has 1 aromatic heterocycles. The third-order valence-corrected chi connectivity index (χ3v) is 5.30. The smallest absolute Gasteiger partial charge is 0.377 e. The summed E-state index contributed by atoms with van der Waals surface area (Å²) in [5, 5.41) is 16.9. The molecule has 11 nitrogen and oxygen atoms in total.